The number of amides is 2. The van der Waals surface area contributed by atoms with Gasteiger partial charge in [-0.25, -0.2) is 0 Å². The van der Waals surface area contributed by atoms with E-state index in [4.69, 9.17) is 5.73 Å². The van der Waals surface area contributed by atoms with Gasteiger partial charge in [0.1, 0.15) is 6.04 Å². The van der Waals surface area contributed by atoms with Crippen LogP contribution in [0, 0.1) is 0 Å². The Kier molecular flexibility index (Phi) is 5.03. The summed E-state index contributed by atoms with van der Waals surface area (Å²) in [7, 11) is 0. The van der Waals surface area contributed by atoms with Crippen LogP contribution >= 0.6 is 0 Å². The Morgan fingerprint density at radius 2 is 1.54 bits per heavy atom. The molecule has 0 unspecified atom stereocenters. The van der Waals surface area contributed by atoms with Crippen LogP contribution in [-0.4, -0.2) is 17.9 Å². The SMILES string of the molecule is CC(C)=CC[C@@H](NC(=O)c1c2ccccc2cc2ccccc12)C(N)=O. The highest BCUT2D eigenvalue weighted by Gasteiger charge is 2.21. The first-order valence-electron chi connectivity index (χ1n) is 8.61. The third-order valence-corrected chi connectivity index (χ3v) is 4.41. The molecule has 0 radical (unpaired) electrons. The Hall–Kier alpha value is -3.14. The summed E-state index contributed by atoms with van der Waals surface area (Å²) in [6.45, 7) is 3.89. The molecule has 0 bridgehead atoms. The van der Waals surface area contributed by atoms with Gasteiger partial charge in [-0.1, -0.05) is 60.2 Å². The molecule has 3 aromatic rings. The molecule has 0 heterocycles. The van der Waals surface area contributed by atoms with Crippen LogP contribution in [-0.2, 0) is 4.79 Å². The van der Waals surface area contributed by atoms with E-state index >= 15 is 0 Å². The molecule has 26 heavy (non-hydrogen) atoms. The summed E-state index contributed by atoms with van der Waals surface area (Å²) >= 11 is 0. The monoisotopic (exact) mass is 346 g/mol. The second kappa shape index (κ2) is 7.40. The van der Waals surface area contributed by atoms with Crippen LogP contribution in [0.15, 0.2) is 66.2 Å². The molecule has 3 N–H and O–H groups in total. The fourth-order valence-electron chi connectivity index (χ4n) is 3.09. The van der Waals surface area contributed by atoms with Crippen molar-refractivity contribution in [1.29, 1.82) is 0 Å². The van der Waals surface area contributed by atoms with Gasteiger partial charge < -0.3 is 11.1 Å². The van der Waals surface area contributed by atoms with E-state index in [0.717, 1.165) is 27.1 Å². The van der Waals surface area contributed by atoms with E-state index < -0.39 is 11.9 Å². The molecule has 0 aliphatic rings. The van der Waals surface area contributed by atoms with Crippen molar-refractivity contribution in [2.75, 3.05) is 0 Å². The lowest BCUT2D eigenvalue weighted by molar-refractivity contribution is -0.119. The minimum Gasteiger partial charge on any atom is -0.368 e. The Morgan fingerprint density at radius 1 is 1.00 bits per heavy atom. The molecule has 2 amide bonds. The molecule has 0 spiro atoms. The van der Waals surface area contributed by atoms with Gasteiger partial charge in [0.25, 0.3) is 5.91 Å². The number of allylic oxidation sites excluding steroid dienone is 1. The Bertz CT molecular complexity index is 963. The van der Waals surface area contributed by atoms with Gasteiger partial charge >= 0.3 is 0 Å². The summed E-state index contributed by atoms with van der Waals surface area (Å²) in [6, 6.07) is 16.8. The molecule has 0 aromatic heterocycles. The van der Waals surface area contributed by atoms with Crippen LogP contribution in [0.1, 0.15) is 30.6 Å². The first-order valence-corrected chi connectivity index (χ1v) is 8.61. The molecule has 0 saturated heterocycles. The molecule has 0 saturated carbocycles. The molecule has 1 atom stereocenters. The standard InChI is InChI=1S/C22H22N2O2/c1-14(2)11-12-19(21(23)25)24-22(26)20-17-9-5-3-7-15(17)13-16-8-4-6-10-18(16)20/h3-11,13,19H,12H2,1-2H3,(H2,23,25)(H,24,26)/t19-/m1/s1. The minimum absolute atomic E-state index is 0.288. The van der Waals surface area contributed by atoms with E-state index in [1.807, 2.05) is 68.5 Å². The smallest absolute Gasteiger partial charge is 0.253 e. The summed E-state index contributed by atoms with van der Waals surface area (Å²) in [4.78, 5) is 24.9. The van der Waals surface area contributed by atoms with Crippen molar-refractivity contribution in [2.45, 2.75) is 26.3 Å². The molecule has 3 aromatic carbocycles. The zero-order valence-corrected chi connectivity index (χ0v) is 15.0. The van der Waals surface area contributed by atoms with Crippen LogP contribution in [0.2, 0.25) is 0 Å². The lowest BCUT2D eigenvalue weighted by Gasteiger charge is -2.16. The number of hydrogen-bond acceptors (Lipinski definition) is 2. The van der Waals surface area contributed by atoms with Gasteiger partial charge in [0.15, 0.2) is 0 Å². The van der Waals surface area contributed by atoms with E-state index in [1.54, 1.807) is 0 Å². The number of carbonyl (C=O) groups is 2. The second-order valence-corrected chi connectivity index (χ2v) is 6.64. The summed E-state index contributed by atoms with van der Waals surface area (Å²) in [5, 5.41) is 6.49. The van der Waals surface area contributed by atoms with Gasteiger partial charge in [0.2, 0.25) is 5.91 Å². The van der Waals surface area contributed by atoms with Crippen LogP contribution in [0.25, 0.3) is 21.5 Å². The maximum absolute atomic E-state index is 13.1. The van der Waals surface area contributed by atoms with Crippen molar-refractivity contribution in [2.24, 2.45) is 5.73 Å². The van der Waals surface area contributed by atoms with Crippen molar-refractivity contribution in [3.8, 4) is 0 Å². The molecular weight excluding hydrogens is 324 g/mol. The number of hydrogen-bond donors (Lipinski definition) is 2. The molecule has 132 valence electrons. The van der Waals surface area contributed by atoms with E-state index in [1.165, 1.54) is 0 Å². The molecular formula is C22H22N2O2. The number of fused-ring (bicyclic) bond motifs is 2. The number of rotatable bonds is 5. The fourth-order valence-corrected chi connectivity index (χ4v) is 3.09. The van der Waals surface area contributed by atoms with Crippen molar-refractivity contribution < 1.29 is 9.59 Å². The van der Waals surface area contributed by atoms with Crippen LogP contribution in [0.3, 0.4) is 0 Å². The maximum Gasteiger partial charge on any atom is 0.253 e. The second-order valence-electron chi connectivity index (χ2n) is 6.64. The first kappa shape index (κ1) is 17.7. The number of carbonyl (C=O) groups excluding carboxylic acids is 2. The lowest BCUT2D eigenvalue weighted by atomic mass is 9.96. The van der Waals surface area contributed by atoms with Crippen molar-refractivity contribution in [3.63, 3.8) is 0 Å². The molecule has 3 rings (SSSR count). The third kappa shape index (κ3) is 3.59. The van der Waals surface area contributed by atoms with Gasteiger partial charge in [0, 0.05) is 0 Å². The Labute approximate surface area is 152 Å². The van der Waals surface area contributed by atoms with Crippen molar-refractivity contribution >= 4 is 33.4 Å². The Balaban J connectivity index is 2.08. The zero-order valence-electron chi connectivity index (χ0n) is 15.0. The topological polar surface area (TPSA) is 72.2 Å². The van der Waals surface area contributed by atoms with Gasteiger partial charge in [-0.05, 0) is 47.9 Å². The van der Waals surface area contributed by atoms with Gasteiger partial charge in [-0.15, -0.1) is 0 Å². The quantitative estimate of drug-likeness (QED) is 0.543. The third-order valence-electron chi connectivity index (χ3n) is 4.41. The van der Waals surface area contributed by atoms with E-state index in [2.05, 4.69) is 11.4 Å². The molecule has 0 fully saturated rings. The van der Waals surface area contributed by atoms with Crippen LogP contribution < -0.4 is 11.1 Å². The normalized spacial score (nSPS) is 11.9. The molecule has 4 nitrogen and oxygen atoms in total. The number of primary amides is 1. The lowest BCUT2D eigenvalue weighted by Crippen LogP contribution is -2.44. The zero-order chi connectivity index (χ0) is 18.7. The van der Waals surface area contributed by atoms with Crippen LogP contribution in [0.4, 0.5) is 0 Å². The summed E-state index contributed by atoms with van der Waals surface area (Å²) < 4.78 is 0. The maximum atomic E-state index is 13.1. The van der Waals surface area contributed by atoms with Gasteiger partial charge in [0.05, 0.1) is 5.56 Å². The number of nitrogens with two attached hydrogens (primary N) is 1. The first-order chi connectivity index (χ1) is 12.5. The molecule has 4 heteroatoms. The fraction of sp³-hybridized carbons (Fsp3) is 0.182. The highest BCUT2D eigenvalue weighted by Crippen LogP contribution is 2.28. The average Bonchev–Trinajstić information content (AvgIpc) is 2.62. The molecule has 0 aliphatic carbocycles. The summed E-state index contributed by atoms with van der Waals surface area (Å²) in [5.41, 5.74) is 7.13. The predicted octanol–water partition coefficient (Wildman–Crippen LogP) is 3.93. The summed E-state index contributed by atoms with van der Waals surface area (Å²) in [6.07, 6.45) is 2.28. The summed E-state index contributed by atoms with van der Waals surface area (Å²) in [5.74, 6) is -0.829. The van der Waals surface area contributed by atoms with Gasteiger partial charge in [-0.3, -0.25) is 9.59 Å². The number of benzene rings is 3. The number of nitrogens with one attached hydrogen (secondary N) is 1. The van der Waals surface area contributed by atoms with Crippen molar-refractivity contribution in [1.82, 2.24) is 5.32 Å². The highest BCUT2D eigenvalue weighted by molar-refractivity contribution is 6.18. The van der Waals surface area contributed by atoms with Crippen molar-refractivity contribution in [3.05, 3.63) is 71.8 Å². The minimum atomic E-state index is -0.741. The van der Waals surface area contributed by atoms with E-state index in [0.29, 0.717) is 12.0 Å². The van der Waals surface area contributed by atoms with E-state index in [9.17, 15) is 9.59 Å². The average molecular weight is 346 g/mol. The van der Waals surface area contributed by atoms with E-state index in [-0.39, 0.29) is 5.91 Å². The highest BCUT2D eigenvalue weighted by atomic mass is 16.2. The predicted molar refractivity (Wildman–Crippen MR) is 106 cm³/mol. The Morgan fingerprint density at radius 3 is 2.04 bits per heavy atom. The van der Waals surface area contributed by atoms with Crippen LogP contribution in [0.5, 0.6) is 0 Å². The largest absolute Gasteiger partial charge is 0.368 e. The molecule has 0 aliphatic heterocycles. The van der Waals surface area contributed by atoms with Gasteiger partial charge in [-0.2, -0.15) is 0 Å².